The first-order valence-electron chi connectivity index (χ1n) is 9.96. The first-order chi connectivity index (χ1) is 15.3. The van der Waals surface area contributed by atoms with Crippen LogP contribution in [0.5, 0.6) is 0 Å². The number of nitrogens with zero attached hydrogens (tertiary/aromatic N) is 4. The Balaban J connectivity index is 1.34. The summed E-state index contributed by atoms with van der Waals surface area (Å²) < 4.78 is 43.9. The summed E-state index contributed by atoms with van der Waals surface area (Å²) in [7, 11) is 1.90. The molecule has 0 aliphatic heterocycles. The monoisotopic (exact) mass is 443 g/mol. The molecule has 166 valence electrons. The molecule has 0 aliphatic rings. The van der Waals surface area contributed by atoms with Crippen molar-refractivity contribution in [3.8, 4) is 11.4 Å². The fourth-order valence-electron chi connectivity index (χ4n) is 3.35. The van der Waals surface area contributed by atoms with Crippen LogP contribution in [0.15, 0.2) is 57.8 Å². The van der Waals surface area contributed by atoms with E-state index in [1.54, 1.807) is 18.2 Å². The molecule has 32 heavy (non-hydrogen) atoms. The van der Waals surface area contributed by atoms with E-state index in [4.69, 9.17) is 4.52 Å². The number of aromatic nitrogens is 4. The number of nitrogens with one attached hydrogen (secondary N) is 1. The van der Waals surface area contributed by atoms with Gasteiger partial charge in [0.1, 0.15) is 5.82 Å². The topological polar surface area (TPSA) is 87.9 Å². The van der Waals surface area contributed by atoms with Crippen molar-refractivity contribution in [1.29, 1.82) is 0 Å². The molecule has 2 aromatic heterocycles. The quantitative estimate of drug-likeness (QED) is 0.464. The third-order valence-corrected chi connectivity index (χ3v) is 4.93. The summed E-state index contributed by atoms with van der Waals surface area (Å²) in [5.41, 5.74) is -0.0406. The van der Waals surface area contributed by atoms with Crippen molar-refractivity contribution in [2.24, 2.45) is 0 Å². The number of para-hydroxylation sites is 1. The number of hydrogen-bond acceptors (Lipinski definition) is 6. The van der Waals surface area contributed by atoms with Gasteiger partial charge >= 0.3 is 6.18 Å². The second-order valence-electron chi connectivity index (χ2n) is 7.46. The minimum Gasteiger partial charge on any atom is -0.339 e. The number of aryl methyl sites for hydroxylation is 1. The highest BCUT2D eigenvalue weighted by Gasteiger charge is 2.30. The molecule has 0 aliphatic carbocycles. The highest BCUT2D eigenvalue weighted by atomic mass is 19.4. The van der Waals surface area contributed by atoms with E-state index < -0.39 is 11.7 Å². The van der Waals surface area contributed by atoms with Gasteiger partial charge in [0.05, 0.1) is 23.0 Å². The molecule has 2 aromatic carbocycles. The lowest BCUT2D eigenvalue weighted by molar-refractivity contribution is -0.137. The Bertz CT molecular complexity index is 1280. The van der Waals surface area contributed by atoms with E-state index in [-0.39, 0.29) is 16.9 Å². The number of hydrogen-bond donors (Lipinski definition) is 1. The van der Waals surface area contributed by atoms with Crippen molar-refractivity contribution in [3.05, 3.63) is 76.2 Å². The summed E-state index contributed by atoms with van der Waals surface area (Å²) in [5.74, 6) is 1.04. The third kappa shape index (κ3) is 5.02. The van der Waals surface area contributed by atoms with E-state index >= 15 is 0 Å². The fourth-order valence-corrected chi connectivity index (χ4v) is 3.35. The third-order valence-electron chi connectivity index (χ3n) is 4.93. The Morgan fingerprint density at radius 3 is 2.72 bits per heavy atom. The van der Waals surface area contributed by atoms with Crippen LogP contribution in [0, 0.1) is 0 Å². The lowest BCUT2D eigenvalue weighted by atomic mass is 10.1. The summed E-state index contributed by atoms with van der Waals surface area (Å²) in [6.07, 6.45) is -3.28. The van der Waals surface area contributed by atoms with Crippen molar-refractivity contribution < 1.29 is 17.7 Å². The van der Waals surface area contributed by atoms with Crippen molar-refractivity contribution in [3.63, 3.8) is 0 Å². The molecule has 0 amide bonds. The average Bonchev–Trinajstić information content (AvgIpc) is 3.22. The van der Waals surface area contributed by atoms with Crippen LogP contribution >= 0.6 is 0 Å². The van der Waals surface area contributed by atoms with Crippen molar-refractivity contribution in [1.82, 2.24) is 25.0 Å². The molecule has 0 saturated heterocycles. The molecule has 0 bridgehead atoms. The van der Waals surface area contributed by atoms with Crippen molar-refractivity contribution in [2.45, 2.75) is 25.6 Å². The molecule has 0 saturated carbocycles. The molecule has 0 spiro atoms. The summed E-state index contributed by atoms with van der Waals surface area (Å²) >= 11 is 0. The van der Waals surface area contributed by atoms with E-state index in [2.05, 4.69) is 20.1 Å². The standard InChI is InChI=1S/C22H20F3N5O2/c1-30(13-18-26-17-9-3-2-8-16(17)21(31)27-18)11-5-10-19-28-20(29-32-19)14-6-4-7-15(12-14)22(23,24)25/h2-4,6-9,12H,5,10-11,13H2,1H3,(H,26,27,31). The van der Waals surface area contributed by atoms with Gasteiger partial charge in [0.15, 0.2) is 0 Å². The molecule has 0 fully saturated rings. The number of aromatic amines is 1. The number of alkyl halides is 3. The molecule has 4 aromatic rings. The van der Waals surface area contributed by atoms with Gasteiger partial charge in [-0.05, 0) is 44.3 Å². The maximum absolute atomic E-state index is 12.9. The largest absolute Gasteiger partial charge is 0.416 e. The maximum Gasteiger partial charge on any atom is 0.416 e. The van der Waals surface area contributed by atoms with Crippen LogP contribution in [-0.2, 0) is 19.1 Å². The van der Waals surface area contributed by atoms with Crippen LogP contribution in [0.25, 0.3) is 22.3 Å². The number of halogens is 3. The summed E-state index contributed by atoms with van der Waals surface area (Å²) in [6.45, 7) is 1.12. The summed E-state index contributed by atoms with van der Waals surface area (Å²) in [4.78, 5) is 25.7. The van der Waals surface area contributed by atoms with Gasteiger partial charge in [-0.25, -0.2) is 4.98 Å². The fraction of sp³-hybridized carbons (Fsp3) is 0.273. The zero-order valence-corrected chi connectivity index (χ0v) is 17.2. The zero-order valence-electron chi connectivity index (χ0n) is 17.2. The highest BCUT2D eigenvalue weighted by molar-refractivity contribution is 5.77. The van der Waals surface area contributed by atoms with Gasteiger partial charge in [-0.15, -0.1) is 0 Å². The van der Waals surface area contributed by atoms with E-state index in [1.807, 2.05) is 18.0 Å². The number of benzene rings is 2. The lowest BCUT2D eigenvalue weighted by Crippen LogP contribution is -2.23. The molecule has 1 N–H and O–H groups in total. The Morgan fingerprint density at radius 1 is 1.09 bits per heavy atom. The predicted octanol–water partition coefficient (Wildman–Crippen LogP) is 4.06. The van der Waals surface area contributed by atoms with Gasteiger partial charge in [-0.3, -0.25) is 9.69 Å². The highest BCUT2D eigenvalue weighted by Crippen LogP contribution is 2.31. The van der Waals surface area contributed by atoms with E-state index in [0.717, 1.165) is 12.1 Å². The van der Waals surface area contributed by atoms with Crippen molar-refractivity contribution >= 4 is 10.9 Å². The molecular formula is C22H20F3N5O2. The smallest absolute Gasteiger partial charge is 0.339 e. The second-order valence-corrected chi connectivity index (χ2v) is 7.46. The predicted molar refractivity (Wildman–Crippen MR) is 112 cm³/mol. The Hall–Kier alpha value is -3.53. The molecule has 7 nitrogen and oxygen atoms in total. The zero-order chi connectivity index (χ0) is 22.7. The Morgan fingerprint density at radius 2 is 1.91 bits per heavy atom. The number of rotatable bonds is 7. The van der Waals surface area contributed by atoms with Crippen LogP contribution < -0.4 is 5.56 Å². The second kappa shape index (κ2) is 8.91. The molecule has 0 radical (unpaired) electrons. The van der Waals surface area contributed by atoms with E-state index in [0.29, 0.717) is 48.5 Å². The van der Waals surface area contributed by atoms with Crippen LogP contribution in [0.1, 0.15) is 23.7 Å². The summed E-state index contributed by atoms with van der Waals surface area (Å²) in [6, 6.07) is 12.0. The molecule has 2 heterocycles. The molecule has 4 rings (SSSR count). The van der Waals surface area contributed by atoms with Crippen LogP contribution in [-0.4, -0.2) is 38.6 Å². The number of fused-ring (bicyclic) bond motifs is 1. The molecule has 0 atom stereocenters. The summed E-state index contributed by atoms with van der Waals surface area (Å²) in [5, 5.41) is 4.35. The Kier molecular flexibility index (Phi) is 6.04. The minimum atomic E-state index is -4.43. The first-order valence-corrected chi connectivity index (χ1v) is 9.96. The van der Waals surface area contributed by atoms with Gasteiger partial charge in [0, 0.05) is 12.0 Å². The number of H-pyrrole nitrogens is 1. The van der Waals surface area contributed by atoms with Gasteiger partial charge < -0.3 is 9.51 Å². The van der Waals surface area contributed by atoms with Crippen LogP contribution in [0.3, 0.4) is 0 Å². The van der Waals surface area contributed by atoms with Gasteiger partial charge in [0.25, 0.3) is 5.56 Å². The SMILES string of the molecule is CN(CCCc1nc(-c2cccc(C(F)(F)F)c2)no1)Cc1nc2ccccc2c(=O)[nH]1. The van der Waals surface area contributed by atoms with Gasteiger partial charge in [-0.2, -0.15) is 18.2 Å². The van der Waals surface area contributed by atoms with Crippen LogP contribution in [0.4, 0.5) is 13.2 Å². The normalized spacial score (nSPS) is 12.0. The lowest BCUT2D eigenvalue weighted by Gasteiger charge is -2.15. The van der Waals surface area contributed by atoms with Crippen molar-refractivity contribution in [2.75, 3.05) is 13.6 Å². The molecule has 0 unspecified atom stereocenters. The average molecular weight is 443 g/mol. The van der Waals surface area contributed by atoms with Crippen LogP contribution in [0.2, 0.25) is 0 Å². The van der Waals surface area contributed by atoms with E-state index in [9.17, 15) is 18.0 Å². The Labute approximate surface area is 180 Å². The molecule has 10 heteroatoms. The first kappa shape index (κ1) is 21.7. The molecular weight excluding hydrogens is 423 g/mol. The maximum atomic E-state index is 12.9. The van der Waals surface area contributed by atoms with Gasteiger partial charge in [-0.1, -0.05) is 29.4 Å². The van der Waals surface area contributed by atoms with Gasteiger partial charge in [0.2, 0.25) is 11.7 Å². The minimum absolute atomic E-state index is 0.123. The van der Waals surface area contributed by atoms with E-state index in [1.165, 1.54) is 12.1 Å².